The largest absolute Gasteiger partial charge is 0.497 e. The first-order valence-electron chi connectivity index (χ1n) is 10.4. The molecule has 1 atom stereocenters. The van der Waals surface area contributed by atoms with E-state index < -0.39 is 28.5 Å². The number of benzene rings is 3. The fourth-order valence-electron chi connectivity index (χ4n) is 4.15. The van der Waals surface area contributed by atoms with Gasteiger partial charge < -0.3 is 14.2 Å². The van der Waals surface area contributed by atoms with Crippen LogP contribution in [0.3, 0.4) is 0 Å². The molecule has 0 saturated carbocycles. The minimum atomic E-state index is -3.84. The van der Waals surface area contributed by atoms with Crippen LogP contribution in [-0.2, 0) is 22.2 Å². The molecule has 0 radical (unpaired) electrons. The monoisotopic (exact) mass is 487 g/mol. The molecule has 0 saturated heterocycles. The molecule has 3 aromatic carbocycles. The molecule has 9 heteroatoms. The Morgan fingerprint density at radius 3 is 2.59 bits per heavy atom. The number of sulfonamides is 1. The van der Waals surface area contributed by atoms with Crippen LogP contribution in [0.5, 0.6) is 17.2 Å². The Morgan fingerprint density at radius 2 is 1.91 bits per heavy atom. The number of hydrogen-bond acceptors (Lipinski definition) is 5. The standard InChI is InChI=1S/C25H23F2NO5S/c1-3-6-15-12-19-20(13-17(15)14-34(28,29)30)24(16-7-4-8-18(11-16)31-2)32-21-9-5-10-22(23(19)21)33-25(26)27/h3-5,7-13,24-25H,1,6,14H2,2H3,(H2,28,29,30). The highest BCUT2D eigenvalue weighted by Crippen LogP contribution is 2.50. The van der Waals surface area contributed by atoms with E-state index in [1.807, 2.05) is 6.07 Å². The van der Waals surface area contributed by atoms with Gasteiger partial charge in [0.1, 0.15) is 23.4 Å². The average Bonchev–Trinajstić information content (AvgIpc) is 2.78. The molecule has 0 bridgehead atoms. The van der Waals surface area contributed by atoms with Crippen LogP contribution in [0.4, 0.5) is 8.78 Å². The van der Waals surface area contributed by atoms with Crippen molar-refractivity contribution in [1.82, 2.24) is 0 Å². The second-order valence-electron chi connectivity index (χ2n) is 7.79. The molecular formula is C25H23F2NO5S. The number of rotatable bonds is 8. The summed E-state index contributed by atoms with van der Waals surface area (Å²) < 4.78 is 66.6. The number of halogens is 2. The topological polar surface area (TPSA) is 87.9 Å². The smallest absolute Gasteiger partial charge is 0.387 e. The lowest BCUT2D eigenvalue weighted by Gasteiger charge is -2.31. The third kappa shape index (κ3) is 4.90. The van der Waals surface area contributed by atoms with Gasteiger partial charge in [-0.05, 0) is 59.5 Å². The predicted molar refractivity (Wildman–Crippen MR) is 125 cm³/mol. The number of ether oxygens (including phenoxy) is 3. The molecule has 6 nitrogen and oxygen atoms in total. The highest BCUT2D eigenvalue weighted by Gasteiger charge is 2.32. The van der Waals surface area contributed by atoms with Crippen molar-refractivity contribution >= 4 is 10.0 Å². The van der Waals surface area contributed by atoms with Crippen molar-refractivity contribution in [1.29, 1.82) is 0 Å². The quantitative estimate of drug-likeness (QED) is 0.454. The molecular weight excluding hydrogens is 464 g/mol. The van der Waals surface area contributed by atoms with E-state index >= 15 is 0 Å². The van der Waals surface area contributed by atoms with E-state index in [0.29, 0.717) is 45.7 Å². The van der Waals surface area contributed by atoms with Crippen LogP contribution in [0.15, 0.2) is 67.3 Å². The van der Waals surface area contributed by atoms with Gasteiger partial charge in [-0.3, -0.25) is 0 Å². The van der Waals surface area contributed by atoms with E-state index in [2.05, 4.69) is 6.58 Å². The summed E-state index contributed by atoms with van der Waals surface area (Å²) in [6, 6.07) is 15.4. The second kappa shape index (κ2) is 9.44. The zero-order valence-electron chi connectivity index (χ0n) is 18.3. The summed E-state index contributed by atoms with van der Waals surface area (Å²) in [7, 11) is -2.30. The van der Waals surface area contributed by atoms with Gasteiger partial charge in [0.15, 0.2) is 0 Å². The van der Waals surface area contributed by atoms with E-state index in [1.165, 1.54) is 6.07 Å². The maximum Gasteiger partial charge on any atom is 0.387 e. The fourth-order valence-corrected chi connectivity index (χ4v) is 4.85. The normalized spacial score (nSPS) is 14.7. The van der Waals surface area contributed by atoms with Gasteiger partial charge in [-0.15, -0.1) is 6.58 Å². The van der Waals surface area contributed by atoms with E-state index in [-0.39, 0.29) is 5.75 Å². The molecule has 34 heavy (non-hydrogen) atoms. The maximum absolute atomic E-state index is 13.2. The van der Waals surface area contributed by atoms with Crippen LogP contribution in [-0.4, -0.2) is 22.1 Å². The number of alkyl halides is 2. The van der Waals surface area contributed by atoms with Crippen LogP contribution in [0.1, 0.15) is 28.4 Å². The second-order valence-corrected chi connectivity index (χ2v) is 9.40. The molecule has 0 fully saturated rings. The lowest BCUT2D eigenvalue weighted by Crippen LogP contribution is -2.20. The molecule has 3 aromatic rings. The zero-order chi connectivity index (χ0) is 24.5. The number of fused-ring (bicyclic) bond motifs is 3. The zero-order valence-corrected chi connectivity index (χ0v) is 19.1. The molecule has 1 aliphatic rings. The molecule has 0 aliphatic carbocycles. The predicted octanol–water partition coefficient (Wildman–Crippen LogP) is 4.96. The lowest BCUT2D eigenvalue weighted by molar-refractivity contribution is -0.0496. The minimum absolute atomic E-state index is 0.0402. The highest BCUT2D eigenvalue weighted by molar-refractivity contribution is 7.88. The third-order valence-corrected chi connectivity index (χ3v) is 6.20. The molecule has 1 heterocycles. The molecule has 0 aromatic heterocycles. The Kier molecular flexibility index (Phi) is 6.58. The summed E-state index contributed by atoms with van der Waals surface area (Å²) in [5, 5.41) is 5.34. The van der Waals surface area contributed by atoms with E-state index in [1.54, 1.807) is 55.7 Å². The number of hydrogen-bond donors (Lipinski definition) is 1. The Morgan fingerprint density at radius 1 is 1.15 bits per heavy atom. The van der Waals surface area contributed by atoms with Crippen LogP contribution in [0, 0.1) is 0 Å². The van der Waals surface area contributed by atoms with E-state index in [9.17, 15) is 17.2 Å². The van der Waals surface area contributed by atoms with Crippen molar-refractivity contribution in [2.75, 3.05) is 7.11 Å². The summed E-state index contributed by atoms with van der Waals surface area (Å²) in [5.41, 5.74) is 3.44. The van der Waals surface area contributed by atoms with Crippen molar-refractivity contribution in [3.8, 4) is 28.4 Å². The molecule has 1 aliphatic heterocycles. The summed E-state index contributed by atoms with van der Waals surface area (Å²) in [4.78, 5) is 0. The molecule has 178 valence electrons. The van der Waals surface area contributed by atoms with Gasteiger partial charge in [-0.1, -0.05) is 24.3 Å². The first-order valence-corrected chi connectivity index (χ1v) is 12.1. The first kappa shape index (κ1) is 23.7. The van der Waals surface area contributed by atoms with Crippen LogP contribution in [0.2, 0.25) is 0 Å². The minimum Gasteiger partial charge on any atom is -0.497 e. The van der Waals surface area contributed by atoms with Crippen LogP contribution in [0.25, 0.3) is 11.1 Å². The Labute approximate surface area is 196 Å². The Hall–Kier alpha value is -3.43. The first-order chi connectivity index (χ1) is 16.2. The van der Waals surface area contributed by atoms with Gasteiger partial charge in [-0.2, -0.15) is 8.78 Å². The summed E-state index contributed by atoms with van der Waals surface area (Å²) >= 11 is 0. The van der Waals surface area contributed by atoms with Crippen LogP contribution >= 0.6 is 0 Å². The van der Waals surface area contributed by atoms with Crippen molar-refractivity contribution in [3.05, 3.63) is 89.5 Å². The van der Waals surface area contributed by atoms with Gasteiger partial charge in [0.2, 0.25) is 10.0 Å². The number of nitrogens with two attached hydrogens (primary N) is 1. The van der Waals surface area contributed by atoms with Crippen molar-refractivity contribution in [3.63, 3.8) is 0 Å². The Balaban J connectivity index is 1.99. The van der Waals surface area contributed by atoms with Crippen molar-refractivity contribution in [2.45, 2.75) is 24.9 Å². The van der Waals surface area contributed by atoms with Gasteiger partial charge in [0, 0.05) is 11.1 Å². The maximum atomic E-state index is 13.2. The van der Waals surface area contributed by atoms with E-state index in [4.69, 9.17) is 19.3 Å². The number of methoxy groups -OCH3 is 1. The number of allylic oxidation sites excluding steroid dienone is 1. The van der Waals surface area contributed by atoms with Gasteiger partial charge in [0.25, 0.3) is 0 Å². The summed E-state index contributed by atoms with van der Waals surface area (Å²) in [6.07, 6.45) is 1.34. The average molecular weight is 488 g/mol. The summed E-state index contributed by atoms with van der Waals surface area (Å²) in [6.45, 7) is 0.718. The lowest BCUT2D eigenvalue weighted by atomic mass is 9.85. The highest BCUT2D eigenvalue weighted by atomic mass is 32.2. The molecule has 2 N–H and O–H groups in total. The van der Waals surface area contributed by atoms with Gasteiger partial charge in [-0.25, -0.2) is 13.6 Å². The number of primary sulfonamides is 1. The summed E-state index contributed by atoms with van der Waals surface area (Å²) in [5.74, 6) is 0.538. The molecule has 0 spiro atoms. The fraction of sp³-hybridized carbons (Fsp3) is 0.200. The SMILES string of the molecule is C=CCc1cc2c(cc1CS(N)(=O)=O)C(c1cccc(OC)c1)Oc1cccc(OC(F)F)c1-2. The van der Waals surface area contributed by atoms with E-state index in [0.717, 1.165) is 5.56 Å². The van der Waals surface area contributed by atoms with Gasteiger partial charge in [0.05, 0.1) is 18.4 Å². The van der Waals surface area contributed by atoms with Crippen LogP contribution < -0.4 is 19.3 Å². The molecule has 1 unspecified atom stereocenters. The Bertz CT molecular complexity index is 1340. The van der Waals surface area contributed by atoms with Crippen molar-refractivity contribution in [2.24, 2.45) is 5.14 Å². The third-order valence-electron chi connectivity index (χ3n) is 5.49. The van der Waals surface area contributed by atoms with Crippen molar-refractivity contribution < 1.29 is 31.4 Å². The molecule has 4 rings (SSSR count). The molecule has 0 amide bonds. The van der Waals surface area contributed by atoms with Gasteiger partial charge >= 0.3 is 6.61 Å².